The first kappa shape index (κ1) is 16.0. The fourth-order valence-electron chi connectivity index (χ4n) is 1.66. The third-order valence-corrected chi connectivity index (χ3v) is 5.27. The first-order valence-corrected chi connectivity index (χ1v) is 9.07. The summed E-state index contributed by atoms with van der Waals surface area (Å²) in [6.07, 6.45) is 1.91. The maximum atomic E-state index is 12.1. The van der Waals surface area contributed by atoms with Crippen molar-refractivity contribution in [3.05, 3.63) is 69.1 Å². The van der Waals surface area contributed by atoms with Crippen molar-refractivity contribution in [2.75, 3.05) is 6.61 Å². The average Bonchev–Trinajstić information content (AvgIpc) is 2.50. The van der Waals surface area contributed by atoms with Gasteiger partial charge in [-0.1, -0.05) is 0 Å². The quantitative estimate of drug-likeness (QED) is 0.429. The molecule has 0 spiro atoms. The summed E-state index contributed by atoms with van der Waals surface area (Å²) < 4.78 is 8.07. The SMILES string of the molecule is CCOC(=O)/C(=C\c1ccc(Br)cc1)[Se]c1ccccc1. The average molecular weight is 410 g/mol. The van der Waals surface area contributed by atoms with Gasteiger partial charge in [0.15, 0.2) is 0 Å². The van der Waals surface area contributed by atoms with Crippen LogP contribution in [-0.2, 0) is 9.53 Å². The molecule has 0 radical (unpaired) electrons. The van der Waals surface area contributed by atoms with Crippen LogP contribution in [0.2, 0.25) is 0 Å². The molecule has 0 bridgehead atoms. The molecule has 0 N–H and O–H groups in total. The standard InChI is InChI=1S/C17H15BrO2Se/c1-2-20-17(19)16(21-15-6-4-3-5-7-15)12-13-8-10-14(18)11-9-13/h3-12H,2H2,1H3/b16-12+. The fourth-order valence-corrected chi connectivity index (χ4v) is 3.78. The second-order valence-corrected chi connectivity index (χ2v) is 7.45. The van der Waals surface area contributed by atoms with Gasteiger partial charge >= 0.3 is 140 Å². The van der Waals surface area contributed by atoms with Gasteiger partial charge in [0.05, 0.1) is 0 Å². The van der Waals surface area contributed by atoms with Gasteiger partial charge in [0.25, 0.3) is 0 Å². The molecular weight excluding hydrogens is 395 g/mol. The third kappa shape index (κ3) is 5.16. The zero-order chi connectivity index (χ0) is 15.1. The Hall–Kier alpha value is -1.35. The van der Waals surface area contributed by atoms with E-state index >= 15 is 0 Å². The van der Waals surface area contributed by atoms with Gasteiger partial charge in [-0.2, -0.15) is 0 Å². The van der Waals surface area contributed by atoms with Crippen molar-refractivity contribution in [3.63, 3.8) is 0 Å². The summed E-state index contributed by atoms with van der Waals surface area (Å²) >= 11 is 3.34. The molecule has 0 fully saturated rings. The van der Waals surface area contributed by atoms with Crippen LogP contribution in [0.4, 0.5) is 0 Å². The summed E-state index contributed by atoms with van der Waals surface area (Å²) in [5.74, 6) is -0.232. The Morgan fingerprint density at radius 1 is 1.14 bits per heavy atom. The van der Waals surface area contributed by atoms with Crippen LogP contribution in [0.3, 0.4) is 0 Å². The van der Waals surface area contributed by atoms with E-state index in [1.54, 1.807) is 0 Å². The molecule has 2 nitrogen and oxygen atoms in total. The Balaban J connectivity index is 2.27. The molecule has 0 saturated heterocycles. The topological polar surface area (TPSA) is 26.3 Å². The van der Waals surface area contributed by atoms with Crippen LogP contribution in [0, 0.1) is 0 Å². The van der Waals surface area contributed by atoms with Gasteiger partial charge in [-0.15, -0.1) is 0 Å². The van der Waals surface area contributed by atoms with Crippen LogP contribution in [0.1, 0.15) is 12.5 Å². The van der Waals surface area contributed by atoms with Crippen LogP contribution < -0.4 is 4.46 Å². The van der Waals surface area contributed by atoms with Gasteiger partial charge in [0, 0.05) is 0 Å². The number of rotatable bonds is 5. The minimum absolute atomic E-state index is 0.0689. The fraction of sp³-hybridized carbons (Fsp3) is 0.118. The minimum atomic E-state index is -0.232. The van der Waals surface area contributed by atoms with Crippen LogP contribution in [-0.4, -0.2) is 27.5 Å². The Labute approximate surface area is 139 Å². The van der Waals surface area contributed by atoms with Crippen molar-refractivity contribution < 1.29 is 9.53 Å². The van der Waals surface area contributed by atoms with Crippen molar-refractivity contribution in [2.45, 2.75) is 6.92 Å². The number of hydrogen-bond donors (Lipinski definition) is 0. The number of benzene rings is 2. The molecule has 0 aromatic heterocycles. The van der Waals surface area contributed by atoms with E-state index in [2.05, 4.69) is 15.9 Å². The van der Waals surface area contributed by atoms with E-state index in [9.17, 15) is 4.79 Å². The molecule has 0 atom stereocenters. The number of hydrogen-bond acceptors (Lipinski definition) is 2. The number of carbonyl (C=O) groups is 1. The first-order chi connectivity index (χ1) is 10.2. The molecule has 0 saturated carbocycles. The summed E-state index contributed by atoms with van der Waals surface area (Å²) in [6.45, 7) is 2.21. The second-order valence-electron chi connectivity index (χ2n) is 4.20. The van der Waals surface area contributed by atoms with Crippen LogP contribution in [0.25, 0.3) is 6.08 Å². The first-order valence-electron chi connectivity index (χ1n) is 6.56. The third-order valence-electron chi connectivity index (χ3n) is 2.62. The van der Waals surface area contributed by atoms with Gasteiger partial charge in [-0.3, -0.25) is 0 Å². The summed E-state index contributed by atoms with van der Waals surface area (Å²) in [7, 11) is 0. The monoisotopic (exact) mass is 410 g/mol. The molecule has 2 aromatic rings. The molecule has 0 aliphatic carbocycles. The molecule has 0 heterocycles. The zero-order valence-electron chi connectivity index (χ0n) is 11.6. The molecule has 0 aliphatic rings. The van der Waals surface area contributed by atoms with Gasteiger partial charge in [0.2, 0.25) is 0 Å². The van der Waals surface area contributed by atoms with E-state index in [0.717, 1.165) is 19.0 Å². The molecule has 4 heteroatoms. The Kier molecular flexibility index (Phi) is 6.24. The zero-order valence-corrected chi connectivity index (χ0v) is 14.9. The molecule has 0 unspecified atom stereocenters. The molecule has 2 aromatic carbocycles. The van der Waals surface area contributed by atoms with E-state index in [1.807, 2.05) is 67.6 Å². The van der Waals surface area contributed by atoms with Crippen molar-refractivity contribution in [1.82, 2.24) is 0 Å². The molecule has 21 heavy (non-hydrogen) atoms. The summed E-state index contributed by atoms with van der Waals surface area (Å²) in [5.41, 5.74) is 0.999. The number of halogens is 1. The molecule has 0 amide bonds. The predicted octanol–water partition coefficient (Wildman–Crippen LogP) is 3.38. The van der Waals surface area contributed by atoms with E-state index in [0.29, 0.717) is 6.61 Å². The van der Waals surface area contributed by atoms with E-state index in [4.69, 9.17) is 4.74 Å². The molecule has 0 aliphatic heterocycles. The number of carbonyl (C=O) groups excluding carboxylic acids is 1. The van der Waals surface area contributed by atoms with Crippen LogP contribution >= 0.6 is 15.9 Å². The maximum absolute atomic E-state index is 12.1. The van der Waals surface area contributed by atoms with Crippen molar-refractivity contribution in [3.8, 4) is 0 Å². The Morgan fingerprint density at radius 3 is 2.43 bits per heavy atom. The van der Waals surface area contributed by atoms with Crippen molar-refractivity contribution in [2.24, 2.45) is 0 Å². The van der Waals surface area contributed by atoms with Gasteiger partial charge in [-0.25, -0.2) is 0 Å². The van der Waals surface area contributed by atoms with Gasteiger partial charge in [0.1, 0.15) is 0 Å². The summed E-state index contributed by atoms with van der Waals surface area (Å²) in [4.78, 5) is 12.1. The summed E-state index contributed by atoms with van der Waals surface area (Å²) in [6, 6.07) is 17.9. The Bertz CT molecular complexity index is 621. The van der Waals surface area contributed by atoms with Crippen LogP contribution in [0.15, 0.2) is 63.5 Å². The van der Waals surface area contributed by atoms with Gasteiger partial charge < -0.3 is 0 Å². The van der Waals surface area contributed by atoms with Gasteiger partial charge in [-0.05, 0) is 0 Å². The van der Waals surface area contributed by atoms with Crippen molar-refractivity contribution in [1.29, 1.82) is 0 Å². The molecule has 2 rings (SSSR count). The molecule has 108 valence electrons. The second kappa shape index (κ2) is 8.18. The van der Waals surface area contributed by atoms with E-state index in [1.165, 1.54) is 0 Å². The van der Waals surface area contributed by atoms with Crippen LogP contribution in [0.5, 0.6) is 0 Å². The Morgan fingerprint density at radius 2 is 1.81 bits per heavy atom. The normalized spacial score (nSPS) is 11.2. The number of ether oxygens (including phenoxy) is 1. The summed E-state index contributed by atoms with van der Waals surface area (Å²) in [5, 5.41) is 0. The van der Waals surface area contributed by atoms with Crippen molar-refractivity contribution >= 4 is 47.4 Å². The van der Waals surface area contributed by atoms with E-state index in [-0.39, 0.29) is 20.9 Å². The van der Waals surface area contributed by atoms with E-state index < -0.39 is 0 Å². The molecular formula is C17H15BrO2Se. The number of esters is 1. The predicted molar refractivity (Wildman–Crippen MR) is 90.6 cm³/mol.